The molecule has 5 heteroatoms. The van der Waals surface area contributed by atoms with Crippen LogP contribution in [0.1, 0.15) is 58.7 Å². The van der Waals surface area contributed by atoms with E-state index < -0.39 is 0 Å². The summed E-state index contributed by atoms with van der Waals surface area (Å²) in [6, 6.07) is 36.7. The molecular formula is C39H41ClN2O2. The number of aryl methyl sites for hydroxylation is 2. The highest BCUT2D eigenvalue weighted by Gasteiger charge is 2.22. The molecule has 0 spiro atoms. The number of hydrogen-bond donors (Lipinski definition) is 2. The quantitative estimate of drug-likeness (QED) is 0.147. The zero-order valence-electron chi connectivity index (χ0n) is 26.0. The van der Waals surface area contributed by atoms with Gasteiger partial charge in [0, 0.05) is 48.5 Å². The van der Waals surface area contributed by atoms with E-state index >= 15 is 0 Å². The maximum absolute atomic E-state index is 9.97. The average molecular weight is 605 g/mol. The molecule has 0 aliphatic rings. The fourth-order valence-electron chi connectivity index (χ4n) is 6.06. The standard InChI is InChI=1S/C39H41ClN2O2/c1-5-41(25-29-9-7-11-35(43)23-29)33-17-19-37(27(3)21-33)39(31-13-15-32(40)16-14-31)38-20-18-34(22-28(38)4)42(6-2)26-30-10-8-12-36(44)24-30/h7-24,39,43-44H,5-6,25-26H2,1-4H3. The second kappa shape index (κ2) is 13.9. The fraction of sp³-hybridized carbons (Fsp3) is 0.231. The van der Waals surface area contributed by atoms with Crippen molar-refractivity contribution in [2.45, 2.75) is 46.7 Å². The first kappa shape index (κ1) is 31.0. The van der Waals surface area contributed by atoms with E-state index in [-0.39, 0.29) is 5.92 Å². The molecule has 0 saturated heterocycles. The van der Waals surface area contributed by atoms with Crippen molar-refractivity contribution in [2.75, 3.05) is 22.9 Å². The summed E-state index contributed by atoms with van der Waals surface area (Å²) in [7, 11) is 0. The molecule has 0 amide bonds. The lowest BCUT2D eigenvalue weighted by Crippen LogP contribution is -2.22. The van der Waals surface area contributed by atoms with Gasteiger partial charge < -0.3 is 20.0 Å². The molecule has 0 heterocycles. The van der Waals surface area contributed by atoms with Crippen LogP contribution in [0.25, 0.3) is 0 Å². The Labute approximate surface area is 266 Å². The number of halogens is 1. The van der Waals surface area contributed by atoms with Crippen LogP contribution in [0.15, 0.2) is 109 Å². The fourth-order valence-corrected chi connectivity index (χ4v) is 6.19. The first-order valence-electron chi connectivity index (χ1n) is 15.3. The SMILES string of the molecule is CCN(Cc1cccc(O)c1)c1ccc(C(c2ccc(Cl)cc2)c2ccc(N(CC)Cc3cccc(O)c3)cc2C)c(C)c1. The molecule has 0 fully saturated rings. The lowest BCUT2D eigenvalue weighted by molar-refractivity contribution is 0.474. The van der Waals surface area contributed by atoms with Gasteiger partial charge in [0.1, 0.15) is 11.5 Å². The molecule has 0 saturated carbocycles. The second-order valence-corrected chi connectivity index (χ2v) is 11.9. The molecular weight excluding hydrogens is 564 g/mol. The third-order valence-corrected chi connectivity index (χ3v) is 8.65. The number of phenols is 2. The second-order valence-electron chi connectivity index (χ2n) is 11.4. The van der Waals surface area contributed by atoms with Gasteiger partial charge in [-0.1, -0.05) is 60.1 Å². The van der Waals surface area contributed by atoms with Crippen LogP contribution in [0.5, 0.6) is 11.5 Å². The van der Waals surface area contributed by atoms with Crippen LogP contribution >= 0.6 is 11.6 Å². The average Bonchev–Trinajstić information content (AvgIpc) is 3.01. The molecule has 5 rings (SSSR count). The number of phenolic OH excluding ortho intramolecular Hbond substituents is 2. The maximum Gasteiger partial charge on any atom is 0.115 e. The van der Waals surface area contributed by atoms with Gasteiger partial charge in [0.2, 0.25) is 0 Å². The Morgan fingerprint density at radius 1 is 0.591 bits per heavy atom. The highest BCUT2D eigenvalue weighted by atomic mass is 35.5. The monoisotopic (exact) mass is 604 g/mol. The van der Waals surface area contributed by atoms with Gasteiger partial charge in [-0.2, -0.15) is 0 Å². The van der Waals surface area contributed by atoms with Gasteiger partial charge in [-0.05, 0) is 127 Å². The van der Waals surface area contributed by atoms with Crippen LogP contribution in [-0.4, -0.2) is 23.3 Å². The Kier molecular flexibility index (Phi) is 9.82. The van der Waals surface area contributed by atoms with Crippen molar-refractivity contribution in [1.82, 2.24) is 0 Å². The molecule has 0 atom stereocenters. The molecule has 0 aliphatic carbocycles. The maximum atomic E-state index is 9.97. The summed E-state index contributed by atoms with van der Waals surface area (Å²) >= 11 is 6.32. The molecule has 226 valence electrons. The summed E-state index contributed by atoms with van der Waals surface area (Å²) in [5, 5.41) is 20.7. The Hall–Kier alpha value is -4.41. The molecule has 4 nitrogen and oxygen atoms in total. The molecule has 0 aliphatic heterocycles. The molecule has 2 N–H and O–H groups in total. The third-order valence-electron chi connectivity index (χ3n) is 8.39. The molecule has 0 unspecified atom stereocenters. The third kappa shape index (κ3) is 7.20. The van der Waals surface area contributed by atoms with Crippen LogP contribution in [0.4, 0.5) is 11.4 Å². The Morgan fingerprint density at radius 3 is 1.43 bits per heavy atom. The number of nitrogens with zero attached hydrogens (tertiary/aromatic N) is 2. The highest BCUT2D eigenvalue weighted by molar-refractivity contribution is 6.30. The number of anilines is 2. The van der Waals surface area contributed by atoms with Crippen LogP contribution in [0, 0.1) is 13.8 Å². The first-order chi connectivity index (χ1) is 21.2. The minimum atomic E-state index is 0.0395. The van der Waals surface area contributed by atoms with Gasteiger partial charge in [0.25, 0.3) is 0 Å². The number of rotatable bonds is 11. The van der Waals surface area contributed by atoms with E-state index in [0.29, 0.717) is 11.5 Å². The Balaban J connectivity index is 1.50. The predicted octanol–water partition coefficient (Wildman–Crippen LogP) is 9.60. The minimum absolute atomic E-state index is 0.0395. The zero-order chi connectivity index (χ0) is 31.2. The van der Waals surface area contributed by atoms with E-state index in [1.165, 1.54) is 27.8 Å². The van der Waals surface area contributed by atoms with E-state index in [4.69, 9.17) is 11.6 Å². The van der Waals surface area contributed by atoms with E-state index in [9.17, 15) is 10.2 Å². The normalized spacial score (nSPS) is 11.1. The van der Waals surface area contributed by atoms with Crippen LogP contribution in [-0.2, 0) is 13.1 Å². The van der Waals surface area contributed by atoms with Crippen LogP contribution in [0.3, 0.4) is 0 Å². The first-order valence-corrected chi connectivity index (χ1v) is 15.7. The Morgan fingerprint density at radius 2 is 1.05 bits per heavy atom. The van der Waals surface area contributed by atoms with Gasteiger partial charge in [0.05, 0.1) is 0 Å². The van der Waals surface area contributed by atoms with Crippen molar-refractivity contribution in [2.24, 2.45) is 0 Å². The minimum Gasteiger partial charge on any atom is -0.508 e. The van der Waals surface area contributed by atoms with Crippen LogP contribution < -0.4 is 9.80 Å². The van der Waals surface area contributed by atoms with Crippen LogP contribution in [0.2, 0.25) is 5.02 Å². The molecule has 44 heavy (non-hydrogen) atoms. The zero-order valence-corrected chi connectivity index (χ0v) is 26.7. The summed E-state index contributed by atoms with van der Waals surface area (Å²) in [5.74, 6) is 0.620. The van der Waals surface area contributed by atoms with Crippen molar-refractivity contribution in [3.63, 3.8) is 0 Å². The smallest absolute Gasteiger partial charge is 0.115 e. The number of benzene rings is 5. The lowest BCUT2D eigenvalue weighted by Gasteiger charge is -2.28. The summed E-state index contributed by atoms with van der Waals surface area (Å²) in [6.45, 7) is 11.9. The molecule has 5 aromatic rings. The Bertz CT molecular complexity index is 1610. The highest BCUT2D eigenvalue weighted by Crippen LogP contribution is 2.38. The summed E-state index contributed by atoms with van der Waals surface area (Å²) in [4.78, 5) is 4.66. The molecule has 5 aromatic carbocycles. The summed E-state index contributed by atoms with van der Waals surface area (Å²) in [6.07, 6.45) is 0. The van der Waals surface area contributed by atoms with E-state index in [0.717, 1.165) is 53.7 Å². The lowest BCUT2D eigenvalue weighted by atomic mass is 9.81. The topological polar surface area (TPSA) is 46.9 Å². The van der Waals surface area contributed by atoms with Crippen molar-refractivity contribution in [3.8, 4) is 11.5 Å². The summed E-state index contributed by atoms with van der Waals surface area (Å²) < 4.78 is 0. The van der Waals surface area contributed by atoms with Crippen molar-refractivity contribution in [3.05, 3.63) is 153 Å². The number of hydrogen-bond acceptors (Lipinski definition) is 4. The number of aromatic hydroxyl groups is 2. The van der Waals surface area contributed by atoms with E-state index in [1.54, 1.807) is 12.1 Å². The van der Waals surface area contributed by atoms with Gasteiger partial charge in [-0.3, -0.25) is 0 Å². The van der Waals surface area contributed by atoms with Gasteiger partial charge >= 0.3 is 0 Å². The largest absolute Gasteiger partial charge is 0.508 e. The molecule has 0 bridgehead atoms. The predicted molar refractivity (Wildman–Crippen MR) is 184 cm³/mol. The van der Waals surface area contributed by atoms with E-state index in [1.807, 2.05) is 36.4 Å². The van der Waals surface area contributed by atoms with Crippen molar-refractivity contribution < 1.29 is 10.2 Å². The van der Waals surface area contributed by atoms with Gasteiger partial charge in [-0.15, -0.1) is 0 Å². The molecule has 0 aromatic heterocycles. The van der Waals surface area contributed by atoms with Crippen molar-refractivity contribution in [1.29, 1.82) is 0 Å². The van der Waals surface area contributed by atoms with Gasteiger partial charge in [-0.25, -0.2) is 0 Å². The van der Waals surface area contributed by atoms with E-state index in [2.05, 4.69) is 98.2 Å². The molecule has 0 radical (unpaired) electrons. The van der Waals surface area contributed by atoms with Crippen molar-refractivity contribution >= 4 is 23.0 Å². The summed E-state index contributed by atoms with van der Waals surface area (Å²) in [5.41, 5.74) is 10.6. The van der Waals surface area contributed by atoms with Gasteiger partial charge in [0.15, 0.2) is 0 Å².